The monoisotopic (exact) mass is 374 g/mol. The van der Waals surface area contributed by atoms with Crippen molar-refractivity contribution in [2.75, 3.05) is 32.7 Å². The van der Waals surface area contributed by atoms with E-state index in [1.54, 1.807) is 0 Å². The molecule has 0 radical (unpaired) electrons. The first kappa shape index (κ1) is 19.5. The third kappa shape index (κ3) is 5.40. The van der Waals surface area contributed by atoms with Crippen LogP contribution in [0.3, 0.4) is 0 Å². The Morgan fingerprint density at radius 1 is 0.889 bits per heavy atom. The highest BCUT2D eigenvalue weighted by Gasteiger charge is 2.50. The van der Waals surface area contributed by atoms with E-state index in [1.165, 1.54) is 103 Å². The first-order valence-corrected chi connectivity index (χ1v) is 12.0. The van der Waals surface area contributed by atoms with Crippen molar-refractivity contribution in [2.24, 2.45) is 33.9 Å². The van der Waals surface area contributed by atoms with Crippen LogP contribution in [0.5, 0.6) is 0 Å². The molecule has 3 N–H and O–H groups in total. The molecule has 4 aliphatic carbocycles. The first-order chi connectivity index (χ1) is 13.2. The van der Waals surface area contributed by atoms with E-state index in [0.29, 0.717) is 11.4 Å². The lowest BCUT2D eigenvalue weighted by Gasteiger charge is -2.56. The van der Waals surface area contributed by atoms with Crippen LogP contribution in [0.15, 0.2) is 4.99 Å². The summed E-state index contributed by atoms with van der Waals surface area (Å²) < 4.78 is 0. The molecular formula is C23H42N4. The topological polar surface area (TPSA) is 53.6 Å². The molecule has 1 saturated heterocycles. The summed E-state index contributed by atoms with van der Waals surface area (Å²) >= 11 is 0. The van der Waals surface area contributed by atoms with Gasteiger partial charge in [0.25, 0.3) is 0 Å². The van der Waals surface area contributed by atoms with Gasteiger partial charge in [-0.15, -0.1) is 0 Å². The Morgan fingerprint density at radius 2 is 1.48 bits per heavy atom. The average Bonchev–Trinajstić information content (AvgIpc) is 3.15. The van der Waals surface area contributed by atoms with Crippen LogP contribution in [0.25, 0.3) is 0 Å². The second-order valence-corrected chi connectivity index (χ2v) is 10.4. The van der Waals surface area contributed by atoms with Gasteiger partial charge in [0.2, 0.25) is 0 Å². The fourth-order valence-electron chi connectivity index (χ4n) is 7.01. The summed E-state index contributed by atoms with van der Waals surface area (Å²) in [5.74, 6) is 3.71. The van der Waals surface area contributed by atoms with E-state index < -0.39 is 0 Å². The molecule has 0 aromatic heterocycles. The van der Waals surface area contributed by atoms with Crippen molar-refractivity contribution in [3.05, 3.63) is 0 Å². The Hall–Kier alpha value is -0.770. The highest BCUT2D eigenvalue weighted by Crippen LogP contribution is 2.60. The molecular weight excluding hydrogens is 332 g/mol. The Balaban J connectivity index is 1.05. The van der Waals surface area contributed by atoms with Crippen molar-refractivity contribution in [1.29, 1.82) is 0 Å². The predicted molar refractivity (Wildman–Crippen MR) is 114 cm³/mol. The minimum absolute atomic E-state index is 0.510. The number of nitrogens with two attached hydrogens (primary N) is 1. The average molecular weight is 375 g/mol. The number of hydrogen-bond acceptors (Lipinski definition) is 2. The summed E-state index contributed by atoms with van der Waals surface area (Å²) in [7, 11) is 0. The van der Waals surface area contributed by atoms with Crippen LogP contribution in [0.1, 0.15) is 83.5 Å². The highest BCUT2D eigenvalue weighted by molar-refractivity contribution is 5.77. The molecule has 0 atom stereocenters. The van der Waals surface area contributed by atoms with Crippen LogP contribution < -0.4 is 11.1 Å². The molecule has 5 fully saturated rings. The second-order valence-electron chi connectivity index (χ2n) is 10.4. The van der Waals surface area contributed by atoms with Gasteiger partial charge in [-0.2, -0.15) is 0 Å². The Bertz CT molecular complexity index is 459. The number of unbranched alkanes of at least 4 members (excludes halogenated alkanes) is 4. The van der Waals surface area contributed by atoms with Crippen LogP contribution in [-0.4, -0.2) is 43.6 Å². The van der Waals surface area contributed by atoms with Crippen molar-refractivity contribution >= 4 is 5.96 Å². The number of nitrogens with zero attached hydrogens (tertiary/aromatic N) is 2. The van der Waals surface area contributed by atoms with Crippen LogP contribution >= 0.6 is 0 Å². The second kappa shape index (κ2) is 9.15. The predicted octanol–water partition coefficient (Wildman–Crippen LogP) is 4.15. The third-order valence-corrected chi connectivity index (χ3v) is 7.91. The lowest BCUT2D eigenvalue weighted by Crippen LogP contribution is -2.48. The summed E-state index contributed by atoms with van der Waals surface area (Å²) in [4.78, 5) is 7.41. The molecule has 5 rings (SSSR count). The lowest BCUT2D eigenvalue weighted by molar-refractivity contribution is -0.0465. The van der Waals surface area contributed by atoms with E-state index in [0.717, 1.165) is 30.8 Å². The minimum Gasteiger partial charge on any atom is -0.370 e. The number of hydrogen-bond donors (Lipinski definition) is 2. The van der Waals surface area contributed by atoms with Crippen molar-refractivity contribution in [3.8, 4) is 0 Å². The fraction of sp³-hybridized carbons (Fsp3) is 0.957. The van der Waals surface area contributed by atoms with Gasteiger partial charge in [0, 0.05) is 13.1 Å². The number of nitrogens with one attached hydrogen (secondary N) is 1. The highest BCUT2D eigenvalue weighted by atomic mass is 15.1. The quantitative estimate of drug-likeness (QED) is 0.343. The molecule has 0 amide bonds. The molecule has 4 nitrogen and oxygen atoms in total. The molecule has 154 valence electrons. The van der Waals surface area contributed by atoms with Gasteiger partial charge in [-0.3, -0.25) is 4.99 Å². The van der Waals surface area contributed by atoms with Gasteiger partial charge >= 0.3 is 0 Å². The molecule has 0 aromatic carbocycles. The third-order valence-electron chi connectivity index (χ3n) is 7.91. The maximum atomic E-state index is 6.17. The molecule has 1 heterocycles. The van der Waals surface area contributed by atoms with E-state index in [2.05, 4.69) is 10.2 Å². The van der Waals surface area contributed by atoms with Crippen molar-refractivity contribution in [2.45, 2.75) is 83.5 Å². The Labute approximate surface area is 166 Å². The van der Waals surface area contributed by atoms with Gasteiger partial charge in [-0.05, 0) is 107 Å². The molecule has 1 aliphatic heterocycles. The molecule has 4 bridgehead atoms. The van der Waals surface area contributed by atoms with Gasteiger partial charge in [0.15, 0.2) is 5.96 Å². The molecule has 5 aliphatic rings. The van der Waals surface area contributed by atoms with Crippen molar-refractivity contribution in [3.63, 3.8) is 0 Å². The Kier molecular flexibility index (Phi) is 6.62. The molecule has 0 spiro atoms. The lowest BCUT2D eigenvalue weighted by atomic mass is 9.49. The maximum absolute atomic E-state index is 6.17. The smallest absolute Gasteiger partial charge is 0.188 e. The summed E-state index contributed by atoms with van der Waals surface area (Å²) in [6.45, 7) is 5.97. The SMILES string of the molecule is NC(=NCC12CC3CC(CC(C3)C1)C2)NCCCCCCCN1CCCC1. The van der Waals surface area contributed by atoms with Crippen LogP contribution in [0, 0.1) is 23.2 Å². The number of aliphatic imine (C=N–C) groups is 1. The van der Waals surface area contributed by atoms with Gasteiger partial charge in [0.1, 0.15) is 0 Å². The zero-order valence-electron chi connectivity index (χ0n) is 17.4. The van der Waals surface area contributed by atoms with Gasteiger partial charge < -0.3 is 16.0 Å². The molecule has 27 heavy (non-hydrogen) atoms. The summed E-state index contributed by atoms with van der Waals surface area (Å²) in [6, 6.07) is 0. The van der Waals surface area contributed by atoms with Crippen LogP contribution in [-0.2, 0) is 0 Å². The van der Waals surface area contributed by atoms with E-state index in [9.17, 15) is 0 Å². The van der Waals surface area contributed by atoms with E-state index >= 15 is 0 Å². The summed E-state index contributed by atoms with van der Waals surface area (Å²) in [5, 5.41) is 3.37. The van der Waals surface area contributed by atoms with Crippen LogP contribution in [0.2, 0.25) is 0 Å². The normalized spacial score (nSPS) is 35.9. The molecule has 4 saturated carbocycles. The van der Waals surface area contributed by atoms with E-state index in [-0.39, 0.29) is 0 Å². The van der Waals surface area contributed by atoms with Gasteiger partial charge in [-0.25, -0.2) is 0 Å². The van der Waals surface area contributed by atoms with Crippen molar-refractivity contribution in [1.82, 2.24) is 10.2 Å². The first-order valence-electron chi connectivity index (χ1n) is 12.0. The zero-order chi connectivity index (χ0) is 18.5. The largest absolute Gasteiger partial charge is 0.370 e. The molecule has 0 unspecified atom stereocenters. The fourth-order valence-corrected chi connectivity index (χ4v) is 7.01. The molecule has 0 aromatic rings. The van der Waals surface area contributed by atoms with E-state index in [4.69, 9.17) is 10.7 Å². The number of rotatable bonds is 10. The van der Waals surface area contributed by atoms with Crippen LogP contribution in [0.4, 0.5) is 0 Å². The van der Waals surface area contributed by atoms with E-state index in [1.807, 2.05) is 0 Å². The summed E-state index contributed by atoms with van der Waals surface area (Å²) in [6.07, 6.45) is 18.3. The number of guanidine groups is 1. The number of likely N-dealkylation sites (tertiary alicyclic amines) is 1. The maximum Gasteiger partial charge on any atom is 0.188 e. The minimum atomic E-state index is 0.510. The standard InChI is InChI=1S/C23H42N4/c24-22(25-8-4-2-1-3-5-9-27-10-6-7-11-27)26-18-23-15-19-12-20(16-23)14-21(13-19)17-23/h19-21H,1-18H2,(H3,24,25,26). The molecule has 4 heteroatoms. The zero-order valence-corrected chi connectivity index (χ0v) is 17.4. The van der Waals surface area contributed by atoms with Gasteiger partial charge in [-0.1, -0.05) is 19.3 Å². The van der Waals surface area contributed by atoms with Gasteiger partial charge in [0.05, 0.1) is 0 Å². The Morgan fingerprint density at radius 3 is 2.15 bits per heavy atom. The van der Waals surface area contributed by atoms with Crippen molar-refractivity contribution < 1.29 is 0 Å². The summed E-state index contributed by atoms with van der Waals surface area (Å²) in [5.41, 5.74) is 6.68.